The number of nitrogens with zero attached hydrogens (tertiary/aromatic N) is 3. The average Bonchev–Trinajstić information content (AvgIpc) is 1.44. The molecule has 1 spiro atoms. The number of carbonyl (C=O) groups is 5. The fourth-order valence-electron chi connectivity index (χ4n) is 15.6. The molecule has 9 rings (SSSR count). The number of ether oxygens (including phenoxy) is 6. The molecule has 2 saturated heterocycles. The number of nitrogens with one attached hydrogen (secondary N) is 3. The lowest BCUT2D eigenvalue weighted by molar-refractivity contribution is -0.211. The van der Waals surface area contributed by atoms with E-state index < -0.39 is 87.8 Å². The molecule has 0 radical (unpaired) electrons. The smallest absolute Gasteiger partial charge is 0.328 e. The number of benzene rings is 2. The van der Waals surface area contributed by atoms with E-state index >= 15 is 9.59 Å². The van der Waals surface area contributed by atoms with Gasteiger partial charge in [-0.2, -0.15) is 0 Å². The van der Waals surface area contributed by atoms with Crippen molar-refractivity contribution < 1.29 is 72.8 Å². The molecule has 2 amide bonds. The minimum atomic E-state index is -2.42. The summed E-state index contributed by atoms with van der Waals surface area (Å²) in [5.74, 6) is -2.77. The number of hydrogen-bond donors (Lipinski definition) is 7. The molecule has 21 nitrogen and oxygen atoms in total. The molecular weight excluding hydrogens is 1080 g/mol. The number of aliphatic hydroxyl groups excluding tert-OH is 2. The topological polar surface area (TPSA) is 271 Å². The van der Waals surface area contributed by atoms with Crippen LogP contribution >= 0.6 is 0 Å². The van der Waals surface area contributed by atoms with Gasteiger partial charge in [-0.3, -0.25) is 29.0 Å². The molecule has 3 aromatic rings. The summed E-state index contributed by atoms with van der Waals surface area (Å²) in [7, 11) is 6.23. The molecule has 2 bridgehead atoms. The summed E-state index contributed by atoms with van der Waals surface area (Å²) >= 11 is 0. The lowest BCUT2D eigenvalue weighted by Gasteiger charge is -2.63. The van der Waals surface area contributed by atoms with Crippen LogP contribution in [0.3, 0.4) is 0 Å². The molecular formula is C63H90N6O15. The standard InChI is InChI=1S/C63H90N6O15/c1-11-59(77)32-39-33-62(57(76)81-10,51-41(22-27-68(34-39)37-59)40-18-13-14-19-44(40)66-51)43-30-42-45(31-46(43)79-8)67(7)54-61(42)24-28-69-26-16-23-60(12-2,53(61)69)55(74)63(54,78)56(75)64-25-17-29-82-52(73)38(3)65-48(71)20-15-21-49(72)83-36-50(80-9)84-47(35-70)58(4,5)6/h13-14,16,18-19,23,30-31,38-39,47,50,53-55,66,70,74,77-78H,11-12,15,17,20-22,24-29,32-37H2,1-10H3,(H,64,75)(H,65,71)/t38?,39?,47?,50?,53?,54?,55-,59?,60-,61-,62+,63+/m1/s1. The highest BCUT2D eigenvalue weighted by atomic mass is 16.7. The van der Waals surface area contributed by atoms with Gasteiger partial charge in [-0.05, 0) is 99.4 Å². The molecule has 6 aliphatic rings. The van der Waals surface area contributed by atoms with Crippen LogP contribution in [0.25, 0.3) is 10.9 Å². The largest absolute Gasteiger partial charge is 0.496 e. The van der Waals surface area contributed by atoms with E-state index in [1.54, 1.807) is 7.11 Å². The van der Waals surface area contributed by atoms with Gasteiger partial charge < -0.3 is 69.4 Å². The zero-order chi connectivity index (χ0) is 60.7. The molecule has 8 unspecified atom stereocenters. The molecule has 1 aliphatic carbocycles. The number of aliphatic hydroxyl groups is 4. The molecule has 462 valence electrons. The number of aromatic nitrogens is 1. The molecule has 1 aromatic heterocycles. The van der Waals surface area contributed by atoms with Gasteiger partial charge in [-0.15, -0.1) is 0 Å². The van der Waals surface area contributed by atoms with Gasteiger partial charge in [0.25, 0.3) is 5.91 Å². The first-order chi connectivity index (χ1) is 40.0. The summed E-state index contributed by atoms with van der Waals surface area (Å²) in [5.41, 5.74) is -2.73. The van der Waals surface area contributed by atoms with Crippen LogP contribution in [0.2, 0.25) is 0 Å². The fourth-order valence-corrected chi connectivity index (χ4v) is 15.6. The number of methoxy groups -OCH3 is 3. The second-order valence-corrected chi connectivity index (χ2v) is 25.6. The Kier molecular flexibility index (Phi) is 18.4. The zero-order valence-corrected chi connectivity index (χ0v) is 50.7. The molecule has 7 N–H and O–H groups in total. The number of amides is 2. The number of esters is 3. The Hall–Kier alpha value is -5.65. The number of rotatable bonds is 22. The molecule has 1 saturated carbocycles. The van der Waals surface area contributed by atoms with Crippen molar-refractivity contribution in [3.63, 3.8) is 0 Å². The van der Waals surface area contributed by atoms with E-state index in [9.17, 15) is 34.8 Å². The third kappa shape index (κ3) is 10.9. The van der Waals surface area contributed by atoms with E-state index in [4.69, 9.17) is 28.4 Å². The van der Waals surface area contributed by atoms with Crippen LogP contribution in [0.5, 0.6) is 5.75 Å². The van der Waals surface area contributed by atoms with Gasteiger partial charge in [0.2, 0.25) is 5.91 Å². The third-order valence-corrected chi connectivity index (χ3v) is 19.7. The number of fused-ring (bicyclic) bond motifs is 6. The number of hydrogen-bond acceptors (Lipinski definition) is 18. The summed E-state index contributed by atoms with van der Waals surface area (Å²) < 4.78 is 34.2. The number of piperidine rings is 1. The van der Waals surface area contributed by atoms with Gasteiger partial charge in [-0.1, -0.05) is 65.0 Å². The summed E-state index contributed by atoms with van der Waals surface area (Å²) in [5, 5.41) is 54.9. The Balaban J connectivity index is 0.942. The van der Waals surface area contributed by atoms with Crippen molar-refractivity contribution in [3.05, 3.63) is 70.9 Å². The first-order valence-electron chi connectivity index (χ1n) is 30.1. The Bertz CT molecular complexity index is 2960. The van der Waals surface area contributed by atoms with Gasteiger partial charge in [0.05, 0.1) is 45.2 Å². The van der Waals surface area contributed by atoms with E-state index in [0.29, 0.717) is 87.5 Å². The molecule has 6 heterocycles. The van der Waals surface area contributed by atoms with E-state index in [-0.39, 0.29) is 75.8 Å². The minimum absolute atomic E-state index is 0.0348. The predicted octanol–water partition coefficient (Wildman–Crippen LogP) is 3.91. The molecule has 3 fully saturated rings. The van der Waals surface area contributed by atoms with E-state index in [1.807, 2.05) is 83.0 Å². The van der Waals surface area contributed by atoms with Gasteiger partial charge in [0.15, 0.2) is 11.9 Å². The molecule has 84 heavy (non-hydrogen) atoms. The SMILES string of the molecule is CCC1(O)CC2CN(CCc3c([nH]c4ccccc34)[C@@](C(=O)OC)(c3cc4c(cc3OC)N(C)C3[C@]45CCN4CC=C[C@](CC)(C45)[C@@H](O)[C@]3(O)C(=O)NCCCOC(=O)C(C)NC(=O)CCCC(=O)OCC(OC)OC(CO)C(C)(C)C)C2)C1. The summed E-state index contributed by atoms with van der Waals surface area (Å²) in [4.78, 5) is 79.4. The average molecular weight is 1170 g/mol. The number of aromatic amines is 1. The van der Waals surface area contributed by atoms with Crippen LogP contribution in [0, 0.1) is 16.7 Å². The monoisotopic (exact) mass is 1170 g/mol. The van der Waals surface area contributed by atoms with Gasteiger partial charge in [0.1, 0.15) is 29.9 Å². The van der Waals surface area contributed by atoms with Crippen molar-refractivity contribution in [2.24, 2.45) is 16.7 Å². The Morgan fingerprint density at radius 2 is 1.70 bits per heavy atom. The van der Waals surface area contributed by atoms with E-state index in [2.05, 4.69) is 37.6 Å². The van der Waals surface area contributed by atoms with Crippen LogP contribution in [0.4, 0.5) is 5.69 Å². The van der Waals surface area contributed by atoms with E-state index in [0.717, 1.165) is 22.0 Å². The highest BCUT2D eigenvalue weighted by Gasteiger charge is 2.78. The Morgan fingerprint density at radius 3 is 2.39 bits per heavy atom. The van der Waals surface area contributed by atoms with Crippen molar-refractivity contribution in [2.75, 3.05) is 92.4 Å². The second kappa shape index (κ2) is 24.6. The van der Waals surface area contributed by atoms with Gasteiger partial charge in [0, 0.05) is 111 Å². The lowest BCUT2D eigenvalue weighted by Crippen LogP contribution is -2.81. The maximum absolute atomic E-state index is 15.5. The quantitative estimate of drug-likeness (QED) is 0.0247. The normalized spacial score (nSPS) is 30.7. The van der Waals surface area contributed by atoms with Crippen LogP contribution in [-0.4, -0.2) is 200 Å². The lowest BCUT2D eigenvalue weighted by atomic mass is 9.47. The van der Waals surface area contributed by atoms with Gasteiger partial charge in [-0.25, -0.2) is 4.79 Å². The van der Waals surface area contributed by atoms with Crippen LogP contribution < -0.4 is 20.3 Å². The van der Waals surface area contributed by atoms with Crippen molar-refractivity contribution >= 4 is 46.3 Å². The van der Waals surface area contributed by atoms with Crippen molar-refractivity contribution in [2.45, 2.75) is 164 Å². The molecule has 13 atom stereocenters. The maximum Gasteiger partial charge on any atom is 0.328 e. The predicted molar refractivity (Wildman–Crippen MR) is 312 cm³/mol. The van der Waals surface area contributed by atoms with Crippen molar-refractivity contribution in [1.82, 2.24) is 25.4 Å². The first-order valence-corrected chi connectivity index (χ1v) is 30.1. The fraction of sp³-hybridized carbons (Fsp3) is 0.667. The molecule has 21 heteroatoms. The van der Waals surface area contributed by atoms with Gasteiger partial charge >= 0.3 is 17.9 Å². The molecule has 2 aromatic carbocycles. The highest BCUT2D eigenvalue weighted by Crippen LogP contribution is 2.67. The Labute approximate surface area is 493 Å². The first kappa shape index (κ1) is 62.9. The molecule has 5 aliphatic heterocycles. The van der Waals surface area contributed by atoms with Crippen LogP contribution in [0.15, 0.2) is 48.6 Å². The van der Waals surface area contributed by atoms with Crippen LogP contribution in [0.1, 0.15) is 122 Å². The van der Waals surface area contributed by atoms with Crippen molar-refractivity contribution in [3.8, 4) is 5.75 Å². The number of H-pyrrole nitrogens is 1. The summed E-state index contributed by atoms with van der Waals surface area (Å²) in [6.45, 7) is 13.6. The van der Waals surface area contributed by atoms with Crippen molar-refractivity contribution in [1.29, 1.82) is 0 Å². The number of para-hydroxylation sites is 1. The summed E-state index contributed by atoms with van der Waals surface area (Å²) in [6.07, 6.45) is 3.92. The number of likely N-dealkylation sites (N-methyl/N-ethyl adjacent to an activating group) is 1. The summed E-state index contributed by atoms with van der Waals surface area (Å²) in [6, 6.07) is 9.62. The highest BCUT2D eigenvalue weighted by molar-refractivity contribution is 5.95. The zero-order valence-electron chi connectivity index (χ0n) is 50.7. The second-order valence-electron chi connectivity index (χ2n) is 25.6. The maximum atomic E-state index is 15.5. The minimum Gasteiger partial charge on any atom is -0.496 e. The Morgan fingerprint density at radius 1 is 0.940 bits per heavy atom. The number of carbonyl (C=O) groups excluding carboxylic acids is 5. The number of anilines is 1. The third-order valence-electron chi connectivity index (χ3n) is 19.7. The van der Waals surface area contributed by atoms with E-state index in [1.165, 1.54) is 21.1 Å². The van der Waals surface area contributed by atoms with Crippen LogP contribution in [-0.2, 0) is 64.9 Å².